The van der Waals surface area contributed by atoms with Crippen LogP contribution in [-0.2, 0) is 10.0 Å². The van der Waals surface area contributed by atoms with Gasteiger partial charge in [0, 0.05) is 31.3 Å². The van der Waals surface area contributed by atoms with Gasteiger partial charge in [-0.3, -0.25) is 9.89 Å². The van der Waals surface area contributed by atoms with Crippen LogP contribution in [0.4, 0.5) is 5.82 Å². The van der Waals surface area contributed by atoms with Gasteiger partial charge in [-0.25, -0.2) is 8.42 Å². The Morgan fingerprint density at radius 1 is 1.40 bits per heavy atom. The van der Waals surface area contributed by atoms with Crippen LogP contribution in [0.3, 0.4) is 0 Å². The molecule has 166 valence electrons. The predicted molar refractivity (Wildman–Crippen MR) is 115 cm³/mol. The smallest absolute Gasteiger partial charge is 0.256 e. The second-order valence-electron chi connectivity index (χ2n) is 7.32. The minimum absolute atomic E-state index is 0. The summed E-state index contributed by atoms with van der Waals surface area (Å²) in [5, 5.41) is 18.6. The number of aromatic amines is 1. The Morgan fingerprint density at radius 3 is 2.87 bits per heavy atom. The predicted octanol–water partition coefficient (Wildman–Crippen LogP) is 2.26. The fourth-order valence-electron chi connectivity index (χ4n) is 3.20. The molecule has 9 nitrogen and oxygen atoms in total. The van der Waals surface area contributed by atoms with Gasteiger partial charge in [-0.15, -0.1) is 17.5 Å². The molecule has 30 heavy (non-hydrogen) atoms. The number of anilines is 1. The standard InChI is InChI=1S/C19H26N4O5S.ClH/c1-13(2)28-18-10-17(21-22-18)20-19(25)15-6-3-7-16(9-15)29(26,27)23-8-4-5-14(11-23)12-24;/h3,6-7,9-10,13-14,24H,4-5,8,11-12H2,1-2H3,(H2,20,21,22,25);1H. The molecule has 2 aromatic rings. The maximum atomic E-state index is 13.0. The number of halogens is 1. The summed E-state index contributed by atoms with van der Waals surface area (Å²) >= 11 is 0. The fraction of sp³-hybridized carbons (Fsp3) is 0.474. The van der Waals surface area contributed by atoms with Crippen molar-refractivity contribution in [3.63, 3.8) is 0 Å². The summed E-state index contributed by atoms with van der Waals surface area (Å²) in [5.74, 6) is 0.178. The number of aromatic nitrogens is 2. The molecule has 3 N–H and O–H groups in total. The van der Waals surface area contributed by atoms with Gasteiger partial charge in [-0.1, -0.05) is 6.07 Å². The van der Waals surface area contributed by atoms with Gasteiger partial charge in [0.05, 0.1) is 11.0 Å². The molecule has 1 amide bonds. The Labute approximate surface area is 182 Å². The Bertz CT molecular complexity index is 963. The Kier molecular flexibility index (Phi) is 8.25. The van der Waals surface area contributed by atoms with Crippen LogP contribution in [0.25, 0.3) is 0 Å². The zero-order valence-electron chi connectivity index (χ0n) is 16.9. The van der Waals surface area contributed by atoms with Crippen LogP contribution in [0.2, 0.25) is 0 Å². The first-order chi connectivity index (χ1) is 13.8. The average Bonchev–Trinajstić information content (AvgIpc) is 3.14. The molecule has 1 atom stereocenters. The second-order valence-corrected chi connectivity index (χ2v) is 9.26. The number of ether oxygens (including phenoxy) is 1. The minimum Gasteiger partial charge on any atom is -0.474 e. The summed E-state index contributed by atoms with van der Waals surface area (Å²) in [6.07, 6.45) is 1.45. The average molecular weight is 459 g/mol. The quantitative estimate of drug-likeness (QED) is 0.584. The normalized spacial score (nSPS) is 17.4. The molecule has 2 heterocycles. The van der Waals surface area contributed by atoms with Gasteiger partial charge in [-0.2, -0.15) is 4.31 Å². The first-order valence-electron chi connectivity index (χ1n) is 9.54. The van der Waals surface area contributed by atoms with Crippen LogP contribution < -0.4 is 10.1 Å². The molecule has 0 aliphatic carbocycles. The lowest BCUT2D eigenvalue weighted by atomic mass is 10.0. The third-order valence-corrected chi connectivity index (χ3v) is 6.49. The number of sulfonamides is 1. The molecule has 1 aliphatic heterocycles. The number of carbonyl (C=O) groups is 1. The van der Waals surface area contributed by atoms with Crippen molar-refractivity contribution < 1.29 is 23.1 Å². The van der Waals surface area contributed by atoms with Crippen molar-refractivity contribution in [2.45, 2.75) is 37.7 Å². The zero-order valence-corrected chi connectivity index (χ0v) is 18.5. The van der Waals surface area contributed by atoms with E-state index in [2.05, 4.69) is 15.5 Å². The lowest BCUT2D eigenvalue weighted by Gasteiger charge is -2.31. The highest BCUT2D eigenvalue weighted by molar-refractivity contribution is 7.89. The second kappa shape index (κ2) is 10.3. The summed E-state index contributed by atoms with van der Waals surface area (Å²) in [5.41, 5.74) is 0.211. The molecule has 11 heteroatoms. The maximum absolute atomic E-state index is 13.0. The largest absolute Gasteiger partial charge is 0.474 e. The first kappa shape index (κ1) is 24.1. The van der Waals surface area contributed by atoms with Crippen LogP contribution in [0.5, 0.6) is 5.88 Å². The van der Waals surface area contributed by atoms with E-state index in [1.54, 1.807) is 12.1 Å². The van der Waals surface area contributed by atoms with E-state index in [4.69, 9.17) is 4.74 Å². The van der Waals surface area contributed by atoms with E-state index in [1.807, 2.05) is 13.8 Å². The number of rotatable bonds is 7. The third-order valence-electron chi connectivity index (χ3n) is 4.63. The maximum Gasteiger partial charge on any atom is 0.256 e. The molecule has 0 radical (unpaired) electrons. The third kappa shape index (κ3) is 5.72. The highest BCUT2D eigenvalue weighted by Gasteiger charge is 2.30. The van der Waals surface area contributed by atoms with Gasteiger partial charge in [-0.05, 0) is 50.8 Å². The van der Waals surface area contributed by atoms with E-state index in [1.165, 1.54) is 22.5 Å². The number of amides is 1. The van der Waals surface area contributed by atoms with Crippen LogP contribution in [0, 0.1) is 5.92 Å². The Hall–Kier alpha value is -2.14. The van der Waals surface area contributed by atoms with E-state index in [-0.39, 0.29) is 48.0 Å². The minimum atomic E-state index is -3.74. The van der Waals surface area contributed by atoms with E-state index in [9.17, 15) is 18.3 Å². The zero-order chi connectivity index (χ0) is 21.0. The van der Waals surface area contributed by atoms with Crippen molar-refractivity contribution >= 4 is 34.2 Å². The number of hydrogen-bond acceptors (Lipinski definition) is 6. The highest BCUT2D eigenvalue weighted by atomic mass is 35.5. The number of nitrogens with zero attached hydrogens (tertiary/aromatic N) is 2. The molecular weight excluding hydrogens is 432 g/mol. The molecule has 1 aliphatic rings. The molecule has 1 fully saturated rings. The number of piperidine rings is 1. The molecule has 1 aromatic carbocycles. The number of nitrogens with one attached hydrogen (secondary N) is 2. The monoisotopic (exact) mass is 458 g/mol. The van der Waals surface area contributed by atoms with Gasteiger partial charge < -0.3 is 15.2 Å². The Balaban J connectivity index is 0.00000320. The molecule has 0 spiro atoms. The van der Waals surface area contributed by atoms with Crippen molar-refractivity contribution in [3.05, 3.63) is 35.9 Å². The van der Waals surface area contributed by atoms with Crippen molar-refractivity contribution in [1.29, 1.82) is 0 Å². The number of aliphatic hydroxyl groups is 1. The number of benzene rings is 1. The van der Waals surface area contributed by atoms with E-state index in [0.717, 1.165) is 6.42 Å². The van der Waals surface area contributed by atoms with Gasteiger partial charge in [0.2, 0.25) is 15.9 Å². The highest BCUT2D eigenvalue weighted by Crippen LogP contribution is 2.24. The lowest BCUT2D eigenvalue weighted by Crippen LogP contribution is -2.40. The van der Waals surface area contributed by atoms with Crippen molar-refractivity contribution in [3.8, 4) is 5.88 Å². The van der Waals surface area contributed by atoms with Crippen LogP contribution >= 0.6 is 12.4 Å². The topological polar surface area (TPSA) is 125 Å². The van der Waals surface area contributed by atoms with Crippen LogP contribution in [-0.4, -0.2) is 59.7 Å². The van der Waals surface area contributed by atoms with Crippen LogP contribution in [0.1, 0.15) is 37.0 Å². The van der Waals surface area contributed by atoms with E-state index in [0.29, 0.717) is 24.7 Å². The molecule has 0 saturated carbocycles. The first-order valence-corrected chi connectivity index (χ1v) is 11.0. The van der Waals surface area contributed by atoms with Gasteiger partial charge in [0.15, 0.2) is 0 Å². The van der Waals surface area contributed by atoms with E-state index < -0.39 is 15.9 Å². The summed E-state index contributed by atoms with van der Waals surface area (Å²) in [4.78, 5) is 12.6. The summed E-state index contributed by atoms with van der Waals surface area (Å²) < 4.78 is 32.7. The molecule has 1 unspecified atom stereocenters. The molecule has 1 saturated heterocycles. The SMILES string of the molecule is CC(C)Oc1cc(NC(=O)c2cccc(S(=O)(=O)N3CCCC(CO)C3)c2)[nH]n1.Cl. The molecule has 0 bridgehead atoms. The molecule has 3 rings (SSSR count). The molecule has 1 aromatic heterocycles. The number of aliphatic hydroxyl groups excluding tert-OH is 1. The van der Waals surface area contributed by atoms with Gasteiger partial charge in [0.25, 0.3) is 5.91 Å². The summed E-state index contributed by atoms with van der Waals surface area (Å²) in [7, 11) is -3.74. The molecular formula is C19H27ClN4O5S. The summed E-state index contributed by atoms with van der Waals surface area (Å²) in [6.45, 7) is 4.37. The van der Waals surface area contributed by atoms with Gasteiger partial charge >= 0.3 is 0 Å². The summed E-state index contributed by atoms with van der Waals surface area (Å²) in [6, 6.07) is 7.47. The number of H-pyrrole nitrogens is 1. The van der Waals surface area contributed by atoms with Gasteiger partial charge in [0.1, 0.15) is 5.82 Å². The fourth-order valence-corrected chi connectivity index (χ4v) is 4.81. The Morgan fingerprint density at radius 2 is 2.17 bits per heavy atom. The number of carbonyl (C=O) groups excluding carboxylic acids is 1. The van der Waals surface area contributed by atoms with E-state index >= 15 is 0 Å². The van der Waals surface area contributed by atoms with Crippen molar-refractivity contribution in [2.75, 3.05) is 25.0 Å². The van der Waals surface area contributed by atoms with Crippen molar-refractivity contribution in [2.24, 2.45) is 5.92 Å². The number of hydrogen-bond donors (Lipinski definition) is 3. The lowest BCUT2D eigenvalue weighted by molar-refractivity contribution is 0.102. The van der Waals surface area contributed by atoms with Crippen LogP contribution in [0.15, 0.2) is 35.2 Å². The van der Waals surface area contributed by atoms with Crippen molar-refractivity contribution in [1.82, 2.24) is 14.5 Å².